The maximum absolute atomic E-state index is 13.5. The number of likely N-dealkylation sites (tertiary alicyclic amines) is 1. The fourth-order valence-electron chi connectivity index (χ4n) is 5.66. The minimum atomic E-state index is -0.569. The second-order valence-corrected chi connectivity index (χ2v) is 10.5. The molecule has 2 aliphatic rings. The molecule has 38 heavy (non-hydrogen) atoms. The summed E-state index contributed by atoms with van der Waals surface area (Å²) in [5.41, 5.74) is 3.68. The number of aromatic nitrogens is 3. The molecule has 0 aliphatic carbocycles. The summed E-state index contributed by atoms with van der Waals surface area (Å²) < 4.78 is 35.0. The van der Waals surface area contributed by atoms with Crippen LogP contribution in [-0.2, 0) is 11.3 Å². The first-order chi connectivity index (χ1) is 18.3. The third-order valence-corrected chi connectivity index (χ3v) is 7.65. The van der Waals surface area contributed by atoms with Crippen LogP contribution >= 0.6 is 0 Å². The summed E-state index contributed by atoms with van der Waals surface area (Å²) in [6, 6.07) is 12.5. The van der Waals surface area contributed by atoms with Gasteiger partial charge in [-0.2, -0.15) is 4.39 Å². The van der Waals surface area contributed by atoms with Gasteiger partial charge in [0.1, 0.15) is 17.2 Å². The largest absolute Gasteiger partial charge is 0.440 e. The second-order valence-electron chi connectivity index (χ2n) is 10.5. The summed E-state index contributed by atoms with van der Waals surface area (Å²) in [5.74, 6) is -0.536. The number of amides is 1. The minimum absolute atomic E-state index is 0.279. The standard InChI is InChI=1S/C29H29F2N5O2/c1-19(2)35-17-21(27-23(4-3-5-24(27)35)20-6-8-25(31)32-14-20)16-34-12-10-29(11-13-34)18-36(28(37)38-29)26-9-7-22(30)15-33-26/h3-9,14-15,17,19H,10-13,16,18H2,1-2H3. The third kappa shape index (κ3) is 4.41. The highest BCUT2D eigenvalue weighted by atomic mass is 19.1. The normalized spacial score (nSPS) is 17.6. The van der Waals surface area contributed by atoms with Crippen LogP contribution in [0.5, 0.6) is 0 Å². The number of ether oxygens (including phenoxy) is 1. The molecule has 0 unspecified atom stereocenters. The van der Waals surface area contributed by atoms with Gasteiger partial charge in [-0.3, -0.25) is 9.80 Å². The highest BCUT2D eigenvalue weighted by molar-refractivity contribution is 5.98. The van der Waals surface area contributed by atoms with E-state index in [0.29, 0.717) is 25.2 Å². The molecular weight excluding hydrogens is 488 g/mol. The highest BCUT2D eigenvalue weighted by Gasteiger charge is 2.47. The zero-order valence-electron chi connectivity index (χ0n) is 21.4. The number of carbonyl (C=O) groups excluding carboxylic acids is 1. The molecule has 1 spiro atoms. The van der Waals surface area contributed by atoms with Crippen molar-refractivity contribution in [3.8, 4) is 11.1 Å². The van der Waals surface area contributed by atoms with Crippen molar-refractivity contribution in [1.29, 1.82) is 0 Å². The lowest BCUT2D eigenvalue weighted by molar-refractivity contribution is -0.000891. The van der Waals surface area contributed by atoms with E-state index in [1.807, 2.05) is 6.07 Å². The Morgan fingerprint density at radius 3 is 2.53 bits per heavy atom. The number of benzene rings is 1. The quantitative estimate of drug-likeness (QED) is 0.306. The molecule has 9 heteroatoms. The maximum atomic E-state index is 13.5. The second kappa shape index (κ2) is 9.47. The molecule has 3 aromatic heterocycles. The van der Waals surface area contributed by atoms with Crippen LogP contribution in [0, 0.1) is 11.8 Å². The summed E-state index contributed by atoms with van der Waals surface area (Å²) in [4.78, 5) is 24.4. The molecule has 0 radical (unpaired) electrons. The number of rotatable bonds is 5. The van der Waals surface area contributed by atoms with Crippen LogP contribution in [0.3, 0.4) is 0 Å². The molecule has 0 N–H and O–H groups in total. The topological polar surface area (TPSA) is 63.5 Å². The highest BCUT2D eigenvalue weighted by Crippen LogP contribution is 2.38. The smallest absolute Gasteiger partial charge is 0.416 e. The van der Waals surface area contributed by atoms with Gasteiger partial charge >= 0.3 is 6.09 Å². The zero-order chi connectivity index (χ0) is 26.4. The van der Waals surface area contributed by atoms with E-state index in [2.05, 4.69) is 51.6 Å². The van der Waals surface area contributed by atoms with E-state index >= 15 is 0 Å². The summed E-state index contributed by atoms with van der Waals surface area (Å²) in [5, 5.41) is 1.15. The van der Waals surface area contributed by atoms with E-state index in [4.69, 9.17) is 4.74 Å². The van der Waals surface area contributed by atoms with Gasteiger partial charge in [0.2, 0.25) is 5.95 Å². The molecular formula is C29H29F2N5O2. The lowest BCUT2D eigenvalue weighted by Gasteiger charge is -2.37. The number of hydrogen-bond donors (Lipinski definition) is 0. The van der Waals surface area contributed by atoms with E-state index < -0.39 is 23.5 Å². The van der Waals surface area contributed by atoms with Crippen molar-refractivity contribution in [1.82, 2.24) is 19.4 Å². The number of anilines is 1. The Morgan fingerprint density at radius 1 is 1.03 bits per heavy atom. The number of nitrogens with zero attached hydrogens (tertiary/aromatic N) is 5. The Kier molecular flexibility index (Phi) is 6.10. The molecule has 0 bridgehead atoms. The van der Waals surface area contributed by atoms with Crippen LogP contribution in [0.15, 0.2) is 61.1 Å². The number of pyridine rings is 2. The van der Waals surface area contributed by atoms with Crippen molar-refractivity contribution in [2.24, 2.45) is 0 Å². The Labute approximate surface area is 219 Å². The number of piperidine rings is 1. The van der Waals surface area contributed by atoms with E-state index in [1.165, 1.54) is 28.7 Å². The van der Waals surface area contributed by atoms with Crippen molar-refractivity contribution in [2.75, 3.05) is 24.5 Å². The van der Waals surface area contributed by atoms with Gasteiger partial charge in [-0.05, 0) is 55.3 Å². The lowest BCUT2D eigenvalue weighted by atomic mass is 9.91. The molecule has 1 aromatic carbocycles. The van der Waals surface area contributed by atoms with Crippen molar-refractivity contribution >= 4 is 22.8 Å². The molecule has 2 fully saturated rings. The third-order valence-electron chi connectivity index (χ3n) is 7.65. The van der Waals surface area contributed by atoms with Crippen LogP contribution in [0.4, 0.5) is 19.4 Å². The maximum Gasteiger partial charge on any atom is 0.416 e. The van der Waals surface area contributed by atoms with Crippen LogP contribution < -0.4 is 4.90 Å². The van der Waals surface area contributed by atoms with Crippen molar-refractivity contribution in [3.63, 3.8) is 0 Å². The predicted molar refractivity (Wildman–Crippen MR) is 141 cm³/mol. The Morgan fingerprint density at radius 2 is 1.84 bits per heavy atom. The van der Waals surface area contributed by atoms with Crippen LogP contribution in [0.2, 0.25) is 0 Å². The van der Waals surface area contributed by atoms with Gasteiger partial charge in [0.05, 0.1) is 12.7 Å². The number of halogens is 2. The average molecular weight is 518 g/mol. The molecule has 2 aliphatic heterocycles. The fourth-order valence-corrected chi connectivity index (χ4v) is 5.66. The van der Waals surface area contributed by atoms with Crippen molar-refractivity contribution < 1.29 is 18.3 Å². The summed E-state index contributed by atoms with van der Waals surface area (Å²) in [7, 11) is 0. The number of carbonyl (C=O) groups is 1. The lowest BCUT2D eigenvalue weighted by Crippen LogP contribution is -2.46. The van der Waals surface area contributed by atoms with Gasteiger partial charge in [0.15, 0.2) is 0 Å². The monoisotopic (exact) mass is 517 g/mol. The molecule has 0 atom stereocenters. The Hall–Kier alpha value is -3.85. The van der Waals surface area contributed by atoms with Crippen molar-refractivity contribution in [2.45, 2.75) is 44.9 Å². The SMILES string of the molecule is CC(C)n1cc(CN2CCC3(CC2)CN(c2ccc(F)cn2)C(=O)O3)c2c(-c3ccc(F)nc3)cccc21. The number of fused-ring (bicyclic) bond motifs is 1. The van der Waals surface area contributed by atoms with E-state index in [-0.39, 0.29) is 6.04 Å². The minimum Gasteiger partial charge on any atom is -0.440 e. The van der Waals surface area contributed by atoms with Crippen LogP contribution in [0.25, 0.3) is 22.0 Å². The molecule has 7 nitrogen and oxygen atoms in total. The van der Waals surface area contributed by atoms with Gasteiger partial charge in [0, 0.05) is 67.4 Å². The Balaban J connectivity index is 1.23. The van der Waals surface area contributed by atoms with Gasteiger partial charge in [-0.25, -0.2) is 19.2 Å². The van der Waals surface area contributed by atoms with Crippen LogP contribution in [0.1, 0.15) is 38.3 Å². The molecule has 6 rings (SSSR count). The van der Waals surface area contributed by atoms with Gasteiger partial charge in [-0.15, -0.1) is 0 Å². The molecule has 196 valence electrons. The van der Waals surface area contributed by atoms with Gasteiger partial charge in [0.25, 0.3) is 0 Å². The fraction of sp³-hybridized carbons (Fsp3) is 0.345. The Bertz CT molecular complexity index is 1480. The first-order valence-corrected chi connectivity index (χ1v) is 12.9. The van der Waals surface area contributed by atoms with E-state index in [9.17, 15) is 13.6 Å². The summed E-state index contributed by atoms with van der Waals surface area (Å²) >= 11 is 0. The van der Waals surface area contributed by atoms with Crippen LogP contribution in [-0.4, -0.2) is 50.8 Å². The van der Waals surface area contributed by atoms with E-state index in [1.54, 1.807) is 12.3 Å². The van der Waals surface area contributed by atoms with Gasteiger partial charge in [-0.1, -0.05) is 12.1 Å². The first kappa shape index (κ1) is 24.5. The number of hydrogen-bond acceptors (Lipinski definition) is 5. The van der Waals surface area contributed by atoms with Crippen molar-refractivity contribution in [3.05, 3.63) is 78.4 Å². The van der Waals surface area contributed by atoms with E-state index in [0.717, 1.165) is 47.9 Å². The molecule has 4 aromatic rings. The molecule has 5 heterocycles. The molecule has 2 saturated heterocycles. The first-order valence-electron chi connectivity index (χ1n) is 12.9. The zero-order valence-corrected chi connectivity index (χ0v) is 21.4. The van der Waals surface area contributed by atoms with Gasteiger partial charge < -0.3 is 9.30 Å². The average Bonchev–Trinajstić information content (AvgIpc) is 3.44. The molecule has 1 amide bonds. The predicted octanol–water partition coefficient (Wildman–Crippen LogP) is 5.95. The molecule has 0 saturated carbocycles. The summed E-state index contributed by atoms with van der Waals surface area (Å²) in [6.45, 7) is 7.02. The summed E-state index contributed by atoms with van der Waals surface area (Å²) in [6.07, 6.45) is 5.89.